The van der Waals surface area contributed by atoms with Crippen LogP contribution >= 0.6 is 0 Å². The molecule has 1 fully saturated rings. The minimum absolute atomic E-state index is 0.00976. The summed E-state index contributed by atoms with van der Waals surface area (Å²) in [6.45, 7) is 5.05. The van der Waals surface area contributed by atoms with Crippen LogP contribution in [0.2, 0.25) is 0 Å². The highest BCUT2D eigenvalue weighted by Gasteiger charge is 2.42. The third-order valence-electron chi connectivity index (χ3n) is 2.83. The van der Waals surface area contributed by atoms with Crippen molar-refractivity contribution in [3.8, 4) is 0 Å². The molecule has 0 saturated carbocycles. The molecule has 19 heavy (non-hydrogen) atoms. The van der Waals surface area contributed by atoms with Crippen molar-refractivity contribution in [2.75, 3.05) is 13.1 Å². The first-order chi connectivity index (χ1) is 8.59. The van der Waals surface area contributed by atoms with E-state index in [0.717, 1.165) is 6.42 Å². The lowest BCUT2D eigenvalue weighted by atomic mass is 10.0. The van der Waals surface area contributed by atoms with Gasteiger partial charge in [-0.2, -0.15) is 13.2 Å². The van der Waals surface area contributed by atoms with Crippen molar-refractivity contribution in [1.29, 1.82) is 0 Å². The molecule has 1 N–H and O–H groups in total. The van der Waals surface area contributed by atoms with Crippen LogP contribution in [0.3, 0.4) is 0 Å². The molecule has 1 unspecified atom stereocenters. The molecule has 7 heteroatoms. The number of hydrogen-bond acceptors (Lipinski definition) is 3. The highest BCUT2D eigenvalue weighted by Crippen LogP contribution is 2.29. The summed E-state index contributed by atoms with van der Waals surface area (Å²) in [5, 5.41) is 2.41. The van der Waals surface area contributed by atoms with E-state index in [4.69, 9.17) is 4.74 Å². The van der Waals surface area contributed by atoms with Gasteiger partial charge in [0, 0.05) is 19.1 Å². The number of hydrogen-bond donors (Lipinski definition) is 1. The molecule has 0 aromatic heterocycles. The number of amides is 1. The number of piperidine rings is 1. The fourth-order valence-corrected chi connectivity index (χ4v) is 2.06. The topological polar surface area (TPSA) is 41.6 Å². The maximum atomic E-state index is 12.8. The number of alkyl halides is 3. The van der Waals surface area contributed by atoms with Crippen LogP contribution in [0.5, 0.6) is 0 Å². The van der Waals surface area contributed by atoms with Gasteiger partial charge in [-0.25, -0.2) is 9.69 Å². The molecule has 1 aliphatic heterocycles. The van der Waals surface area contributed by atoms with Gasteiger partial charge < -0.3 is 10.1 Å². The van der Waals surface area contributed by atoms with Crippen LogP contribution in [-0.4, -0.2) is 42.0 Å². The van der Waals surface area contributed by atoms with Crippen LogP contribution in [0, 0.1) is 0 Å². The van der Waals surface area contributed by atoms with Crippen molar-refractivity contribution >= 4 is 6.09 Å². The van der Waals surface area contributed by atoms with Crippen LogP contribution in [-0.2, 0) is 4.74 Å². The van der Waals surface area contributed by atoms with Gasteiger partial charge in [0.2, 0.25) is 0 Å². The van der Waals surface area contributed by atoms with E-state index in [2.05, 4.69) is 5.32 Å². The van der Waals surface area contributed by atoms with Crippen molar-refractivity contribution in [1.82, 2.24) is 10.2 Å². The number of carbonyl (C=O) groups is 1. The van der Waals surface area contributed by atoms with E-state index >= 15 is 0 Å². The lowest BCUT2D eigenvalue weighted by Gasteiger charge is -2.36. The lowest BCUT2D eigenvalue weighted by molar-refractivity contribution is -0.263. The zero-order valence-corrected chi connectivity index (χ0v) is 11.5. The van der Waals surface area contributed by atoms with Gasteiger partial charge in [0.25, 0.3) is 0 Å². The number of rotatable bonds is 2. The number of ether oxygens (including phenoxy) is 1. The third-order valence-corrected chi connectivity index (χ3v) is 2.83. The number of carbonyl (C=O) groups excluding carboxylic acids is 1. The average molecular weight is 282 g/mol. The molecule has 0 aromatic carbocycles. The summed E-state index contributed by atoms with van der Waals surface area (Å²) in [5.41, 5.74) is -0.652. The van der Waals surface area contributed by atoms with E-state index in [1.807, 2.05) is 0 Å². The first kappa shape index (κ1) is 16.1. The van der Waals surface area contributed by atoms with E-state index in [1.54, 1.807) is 20.8 Å². The molecule has 1 atom stereocenters. The second kappa shape index (κ2) is 5.98. The summed E-state index contributed by atoms with van der Waals surface area (Å²) in [5.74, 6) is 0. The van der Waals surface area contributed by atoms with Crippen molar-refractivity contribution in [2.24, 2.45) is 0 Å². The Morgan fingerprint density at radius 1 is 1.32 bits per heavy atom. The van der Waals surface area contributed by atoms with Crippen LogP contribution < -0.4 is 5.32 Å². The Morgan fingerprint density at radius 3 is 2.47 bits per heavy atom. The van der Waals surface area contributed by atoms with Crippen LogP contribution in [0.25, 0.3) is 0 Å². The molecule has 1 heterocycles. The molecule has 4 nitrogen and oxygen atoms in total. The monoisotopic (exact) mass is 282 g/mol. The van der Waals surface area contributed by atoms with Crippen molar-refractivity contribution < 1.29 is 22.7 Å². The Labute approximate surface area is 111 Å². The summed E-state index contributed by atoms with van der Waals surface area (Å²) in [4.78, 5) is 11.9. The largest absolute Gasteiger partial charge is 0.460 e. The van der Waals surface area contributed by atoms with Gasteiger partial charge in [-0.3, -0.25) is 0 Å². The predicted molar refractivity (Wildman–Crippen MR) is 64.6 cm³/mol. The first-order valence-electron chi connectivity index (χ1n) is 6.40. The molecular formula is C12H21F3N2O2. The van der Waals surface area contributed by atoms with Gasteiger partial charge in [0.1, 0.15) is 5.60 Å². The lowest BCUT2D eigenvalue weighted by Crippen LogP contribution is -2.53. The highest BCUT2D eigenvalue weighted by atomic mass is 19.4. The number of nitrogens with one attached hydrogen (secondary N) is 1. The zero-order valence-electron chi connectivity index (χ0n) is 11.5. The number of alkyl carbamates (subject to hydrolysis) is 1. The maximum absolute atomic E-state index is 12.8. The van der Waals surface area contributed by atoms with Crippen LogP contribution in [0.4, 0.5) is 18.0 Å². The second-order valence-corrected chi connectivity index (χ2v) is 5.69. The zero-order chi connectivity index (χ0) is 14.7. The Kier molecular flexibility index (Phi) is 5.06. The van der Waals surface area contributed by atoms with Gasteiger partial charge in [-0.15, -0.1) is 0 Å². The molecule has 0 bridgehead atoms. The minimum atomic E-state index is -4.35. The Hall–Kier alpha value is -0.980. The Balaban J connectivity index is 2.48. The standard InChI is InChI=1S/C12H21F3N2O2/c1-11(2,3)19-10(18)16-8-9-6-4-5-7-17(9)12(13,14)15/h9H,4-8H2,1-3H3,(H,16,18). The van der Waals surface area contributed by atoms with Gasteiger partial charge >= 0.3 is 12.4 Å². The molecule has 0 radical (unpaired) electrons. The number of likely N-dealkylation sites (tertiary alicyclic amines) is 1. The Morgan fingerprint density at radius 2 is 1.95 bits per heavy atom. The van der Waals surface area contributed by atoms with E-state index in [1.165, 1.54) is 0 Å². The molecule has 1 saturated heterocycles. The third kappa shape index (κ3) is 5.67. The van der Waals surface area contributed by atoms with E-state index in [0.29, 0.717) is 17.7 Å². The normalized spacial score (nSPS) is 22.1. The fraction of sp³-hybridized carbons (Fsp3) is 0.917. The SMILES string of the molecule is CC(C)(C)OC(=O)NCC1CCCCN1C(F)(F)F. The second-order valence-electron chi connectivity index (χ2n) is 5.69. The molecule has 112 valence electrons. The number of halogens is 3. The van der Waals surface area contributed by atoms with Gasteiger partial charge in [-0.1, -0.05) is 6.42 Å². The van der Waals surface area contributed by atoms with Crippen molar-refractivity contribution in [3.05, 3.63) is 0 Å². The average Bonchev–Trinajstić information content (AvgIpc) is 2.23. The quantitative estimate of drug-likeness (QED) is 0.792. The van der Waals surface area contributed by atoms with Gasteiger partial charge in [0.05, 0.1) is 0 Å². The molecule has 1 aliphatic rings. The van der Waals surface area contributed by atoms with E-state index in [9.17, 15) is 18.0 Å². The predicted octanol–water partition coefficient (Wildman–Crippen LogP) is 2.89. The summed E-state index contributed by atoms with van der Waals surface area (Å²) in [7, 11) is 0. The molecule has 0 aliphatic carbocycles. The molecule has 1 rings (SSSR count). The van der Waals surface area contributed by atoms with Gasteiger partial charge in [-0.05, 0) is 33.6 Å². The summed E-state index contributed by atoms with van der Waals surface area (Å²) >= 11 is 0. The van der Waals surface area contributed by atoms with Crippen molar-refractivity contribution in [3.63, 3.8) is 0 Å². The molecule has 0 aromatic rings. The summed E-state index contributed by atoms with van der Waals surface area (Å²) in [6.07, 6.45) is -3.33. The molecule has 1 amide bonds. The summed E-state index contributed by atoms with van der Waals surface area (Å²) in [6, 6.07) is -0.707. The highest BCUT2D eigenvalue weighted by molar-refractivity contribution is 5.67. The minimum Gasteiger partial charge on any atom is -0.444 e. The van der Waals surface area contributed by atoms with Gasteiger partial charge in [0.15, 0.2) is 0 Å². The number of nitrogens with zero attached hydrogens (tertiary/aromatic N) is 1. The maximum Gasteiger partial charge on any atom is 0.460 e. The van der Waals surface area contributed by atoms with Crippen molar-refractivity contribution in [2.45, 2.75) is 58.0 Å². The summed E-state index contributed by atoms with van der Waals surface area (Å²) < 4.78 is 43.3. The first-order valence-corrected chi connectivity index (χ1v) is 6.40. The van der Waals surface area contributed by atoms with Crippen LogP contribution in [0.15, 0.2) is 0 Å². The molecule has 0 spiro atoms. The van der Waals surface area contributed by atoms with E-state index in [-0.39, 0.29) is 13.1 Å². The Bertz CT molecular complexity index is 313. The smallest absolute Gasteiger partial charge is 0.444 e. The van der Waals surface area contributed by atoms with E-state index < -0.39 is 24.0 Å². The fourth-order valence-electron chi connectivity index (χ4n) is 2.06. The molecular weight excluding hydrogens is 261 g/mol. The van der Waals surface area contributed by atoms with Crippen LogP contribution in [0.1, 0.15) is 40.0 Å².